The Morgan fingerprint density at radius 2 is 1.65 bits per heavy atom. The van der Waals surface area contributed by atoms with Crippen LogP contribution >= 0.6 is 0 Å². The first kappa shape index (κ1) is 23.2. The van der Waals surface area contributed by atoms with Gasteiger partial charge in [0, 0.05) is 18.3 Å². The second kappa shape index (κ2) is 10.3. The third kappa shape index (κ3) is 5.34. The van der Waals surface area contributed by atoms with E-state index in [0.29, 0.717) is 18.2 Å². The molecule has 34 heavy (non-hydrogen) atoms. The highest BCUT2D eigenvalue weighted by Crippen LogP contribution is 2.27. The number of imidazole rings is 1. The summed E-state index contributed by atoms with van der Waals surface area (Å²) in [5, 5.41) is 0. The van der Waals surface area contributed by atoms with Gasteiger partial charge in [-0.3, -0.25) is 0 Å². The van der Waals surface area contributed by atoms with Crippen LogP contribution in [0.5, 0.6) is 5.75 Å². The number of hydrogen-bond donors (Lipinski definition) is 0. The third-order valence-electron chi connectivity index (χ3n) is 5.97. The number of aryl methyl sites for hydroxylation is 1. The molecule has 0 radical (unpaired) electrons. The van der Waals surface area contributed by atoms with Crippen molar-refractivity contribution in [2.45, 2.75) is 39.9 Å². The normalized spacial score (nSPS) is 11.8. The smallest absolute Gasteiger partial charge is 0.419 e. The second-order valence-corrected chi connectivity index (χ2v) is 8.28. The predicted molar refractivity (Wildman–Crippen MR) is 128 cm³/mol. The molecule has 174 valence electrons. The van der Waals surface area contributed by atoms with Crippen molar-refractivity contribution in [2.75, 3.05) is 0 Å². The van der Waals surface area contributed by atoms with Crippen LogP contribution in [0.4, 0.5) is 9.18 Å². The molecule has 0 bridgehead atoms. The van der Waals surface area contributed by atoms with Crippen molar-refractivity contribution in [3.63, 3.8) is 0 Å². The molecule has 0 saturated carbocycles. The molecule has 3 aromatic carbocycles. The molecule has 0 fully saturated rings. The zero-order chi connectivity index (χ0) is 24.1. The van der Waals surface area contributed by atoms with E-state index < -0.39 is 6.09 Å². The van der Waals surface area contributed by atoms with Crippen LogP contribution < -0.4 is 4.74 Å². The summed E-state index contributed by atoms with van der Waals surface area (Å²) in [6.07, 6.45) is 2.78. The quantitative estimate of drug-likeness (QED) is 0.315. The van der Waals surface area contributed by atoms with Gasteiger partial charge in [0.05, 0.1) is 0 Å². The summed E-state index contributed by atoms with van der Waals surface area (Å²) in [4.78, 5) is 17.2. The van der Waals surface area contributed by atoms with E-state index in [4.69, 9.17) is 9.47 Å². The van der Waals surface area contributed by atoms with Gasteiger partial charge in [0.15, 0.2) is 0 Å². The van der Waals surface area contributed by atoms with Crippen molar-refractivity contribution < 1.29 is 18.7 Å². The lowest BCUT2D eigenvalue weighted by atomic mass is 9.93. The van der Waals surface area contributed by atoms with Gasteiger partial charge >= 0.3 is 6.09 Å². The van der Waals surface area contributed by atoms with E-state index >= 15 is 0 Å². The lowest BCUT2D eigenvalue weighted by Crippen LogP contribution is -2.18. The highest BCUT2D eigenvalue weighted by molar-refractivity contribution is 5.71. The van der Waals surface area contributed by atoms with Gasteiger partial charge in [-0.15, -0.1) is 0 Å². The maximum absolute atomic E-state index is 13.0. The number of hydrogen-bond acceptors (Lipinski definition) is 4. The molecule has 0 N–H and O–H groups in total. The molecule has 0 aliphatic carbocycles. The van der Waals surface area contributed by atoms with E-state index in [2.05, 4.69) is 31.0 Å². The first-order valence-electron chi connectivity index (χ1n) is 11.1. The Hall–Kier alpha value is -3.93. The molecular weight excluding hydrogens is 431 g/mol. The predicted octanol–water partition coefficient (Wildman–Crippen LogP) is 6.55. The summed E-state index contributed by atoms with van der Waals surface area (Å²) in [6, 6.07) is 19.7. The standard InChI is InChI=1S/C28H27FN2O3/c1-19-5-4-6-26(20(19)2)21(3)27-30-15-16-31(27)28(32)34-18-23-9-13-25(14-10-23)33-17-22-7-11-24(29)12-8-22/h4-16,21H,17-18H2,1-3H3/t21-/m0/s1. The van der Waals surface area contributed by atoms with Gasteiger partial charge in [-0.2, -0.15) is 0 Å². The molecule has 6 heteroatoms. The number of ether oxygens (including phenoxy) is 2. The van der Waals surface area contributed by atoms with Gasteiger partial charge in [-0.05, 0) is 65.9 Å². The summed E-state index contributed by atoms with van der Waals surface area (Å²) in [7, 11) is 0. The molecule has 0 unspecified atom stereocenters. The van der Waals surface area contributed by atoms with Gasteiger partial charge in [-0.1, -0.05) is 49.4 Å². The first-order valence-corrected chi connectivity index (χ1v) is 11.1. The Balaban J connectivity index is 1.36. The molecule has 1 atom stereocenters. The van der Waals surface area contributed by atoms with Gasteiger partial charge in [0.2, 0.25) is 0 Å². The van der Waals surface area contributed by atoms with Crippen molar-refractivity contribution in [3.05, 3.63) is 119 Å². The number of aromatic nitrogens is 2. The van der Waals surface area contributed by atoms with Crippen molar-refractivity contribution in [3.8, 4) is 5.75 Å². The van der Waals surface area contributed by atoms with E-state index in [0.717, 1.165) is 16.7 Å². The van der Waals surface area contributed by atoms with E-state index in [9.17, 15) is 9.18 Å². The summed E-state index contributed by atoms with van der Waals surface area (Å²) in [5.41, 5.74) is 5.25. The Bertz CT molecular complexity index is 1260. The maximum Gasteiger partial charge on any atom is 0.419 e. The minimum absolute atomic E-state index is 0.0556. The van der Waals surface area contributed by atoms with E-state index in [1.54, 1.807) is 24.5 Å². The number of carbonyl (C=O) groups is 1. The molecule has 0 aliphatic heterocycles. The minimum atomic E-state index is -0.471. The number of halogens is 1. The zero-order valence-electron chi connectivity index (χ0n) is 19.5. The van der Waals surface area contributed by atoms with Crippen LogP contribution in [-0.4, -0.2) is 15.6 Å². The van der Waals surface area contributed by atoms with Gasteiger partial charge in [0.1, 0.15) is 30.6 Å². The number of benzene rings is 3. The van der Waals surface area contributed by atoms with Crippen LogP contribution in [0, 0.1) is 19.7 Å². The van der Waals surface area contributed by atoms with Crippen LogP contribution in [0.25, 0.3) is 0 Å². The topological polar surface area (TPSA) is 53.4 Å². The largest absolute Gasteiger partial charge is 0.489 e. The molecule has 1 heterocycles. The van der Waals surface area contributed by atoms with Crippen molar-refractivity contribution in [2.24, 2.45) is 0 Å². The monoisotopic (exact) mass is 458 g/mol. The molecule has 0 amide bonds. The average Bonchev–Trinajstić information content (AvgIpc) is 3.34. The second-order valence-electron chi connectivity index (χ2n) is 8.28. The van der Waals surface area contributed by atoms with Crippen LogP contribution in [-0.2, 0) is 18.0 Å². The summed E-state index contributed by atoms with van der Waals surface area (Å²) in [6.45, 7) is 6.67. The summed E-state index contributed by atoms with van der Waals surface area (Å²) < 4.78 is 25.7. The fraction of sp³-hybridized carbons (Fsp3) is 0.214. The molecule has 4 rings (SSSR count). The Morgan fingerprint density at radius 3 is 2.38 bits per heavy atom. The van der Waals surface area contributed by atoms with Gasteiger partial charge < -0.3 is 9.47 Å². The van der Waals surface area contributed by atoms with E-state index in [-0.39, 0.29) is 18.3 Å². The fourth-order valence-corrected chi connectivity index (χ4v) is 3.82. The van der Waals surface area contributed by atoms with E-state index in [1.165, 1.54) is 27.8 Å². The van der Waals surface area contributed by atoms with Crippen LogP contribution in [0.15, 0.2) is 79.1 Å². The average molecular weight is 459 g/mol. The maximum atomic E-state index is 13.0. The third-order valence-corrected chi connectivity index (χ3v) is 5.97. The highest BCUT2D eigenvalue weighted by Gasteiger charge is 2.20. The van der Waals surface area contributed by atoms with Crippen molar-refractivity contribution in [1.29, 1.82) is 0 Å². The van der Waals surface area contributed by atoms with E-state index in [1.807, 2.05) is 37.3 Å². The minimum Gasteiger partial charge on any atom is -0.489 e. The van der Waals surface area contributed by atoms with Crippen molar-refractivity contribution >= 4 is 6.09 Å². The lowest BCUT2D eigenvalue weighted by molar-refractivity contribution is 0.140. The lowest BCUT2D eigenvalue weighted by Gasteiger charge is -2.17. The molecule has 5 nitrogen and oxygen atoms in total. The van der Waals surface area contributed by atoms with Gasteiger partial charge in [-0.25, -0.2) is 18.7 Å². The number of nitrogens with zero attached hydrogens (tertiary/aromatic N) is 2. The van der Waals surface area contributed by atoms with Crippen molar-refractivity contribution in [1.82, 2.24) is 9.55 Å². The van der Waals surface area contributed by atoms with Crippen LogP contribution in [0.3, 0.4) is 0 Å². The Kier molecular flexibility index (Phi) is 7.07. The van der Waals surface area contributed by atoms with Crippen LogP contribution in [0.2, 0.25) is 0 Å². The fourth-order valence-electron chi connectivity index (χ4n) is 3.82. The molecule has 1 aromatic heterocycles. The number of rotatable bonds is 7. The highest BCUT2D eigenvalue weighted by atomic mass is 19.1. The Labute approximate surface area is 198 Å². The molecule has 0 aliphatic rings. The first-order chi connectivity index (χ1) is 16.4. The summed E-state index contributed by atoms with van der Waals surface area (Å²) in [5.74, 6) is 0.993. The molecular formula is C28H27FN2O3. The molecule has 0 saturated heterocycles. The Morgan fingerprint density at radius 1 is 0.971 bits per heavy atom. The SMILES string of the molecule is Cc1cccc([C@H](C)c2nccn2C(=O)OCc2ccc(OCc3ccc(F)cc3)cc2)c1C. The van der Waals surface area contributed by atoms with Crippen LogP contribution in [0.1, 0.15) is 46.5 Å². The zero-order valence-corrected chi connectivity index (χ0v) is 19.5. The number of carbonyl (C=O) groups excluding carboxylic acids is 1. The summed E-state index contributed by atoms with van der Waals surface area (Å²) >= 11 is 0. The molecule has 0 spiro atoms. The van der Waals surface area contributed by atoms with Gasteiger partial charge in [0.25, 0.3) is 0 Å². The molecule has 4 aromatic rings.